The maximum Gasteiger partial charge on any atom is 0.220 e. The molecule has 0 saturated heterocycles. The van der Waals surface area contributed by atoms with Crippen molar-refractivity contribution in [3.05, 3.63) is 29.8 Å². The van der Waals surface area contributed by atoms with E-state index < -0.39 is 0 Å². The molecular weight excluding hydrogens is 238 g/mol. The van der Waals surface area contributed by atoms with Crippen molar-refractivity contribution in [1.29, 1.82) is 0 Å². The normalized spacial score (nSPS) is 22.2. The summed E-state index contributed by atoms with van der Waals surface area (Å²) < 4.78 is 5.27. The summed E-state index contributed by atoms with van der Waals surface area (Å²) in [7, 11) is 1.70. The van der Waals surface area contributed by atoms with Crippen LogP contribution in [0.4, 0.5) is 0 Å². The smallest absolute Gasteiger partial charge is 0.220 e. The topological polar surface area (TPSA) is 38.3 Å². The maximum atomic E-state index is 11.6. The number of amides is 1. The summed E-state index contributed by atoms with van der Waals surface area (Å²) in [6.07, 6.45) is 4.82. The number of benzene rings is 1. The average Bonchev–Trinajstić information content (AvgIpc) is 2.87. The third kappa shape index (κ3) is 3.72. The van der Waals surface area contributed by atoms with E-state index in [1.165, 1.54) is 5.56 Å². The third-order valence-electron chi connectivity index (χ3n) is 3.84. The molecule has 19 heavy (non-hydrogen) atoms. The van der Waals surface area contributed by atoms with E-state index >= 15 is 0 Å². The minimum Gasteiger partial charge on any atom is -0.497 e. The molecule has 1 aromatic carbocycles. The highest BCUT2D eigenvalue weighted by molar-refractivity contribution is 5.76. The van der Waals surface area contributed by atoms with Gasteiger partial charge in [-0.25, -0.2) is 0 Å². The molecule has 1 fully saturated rings. The quantitative estimate of drug-likeness (QED) is 0.883. The predicted molar refractivity (Wildman–Crippen MR) is 76.4 cm³/mol. The molecule has 0 aliphatic heterocycles. The van der Waals surface area contributed by atoms with Crippen LogP contribution in [0.1, 0.15) is 50.5 Å². The number of carbonyl (C=O) groups is 1. The summed E-state index contributed by atoms with van der Waals surface area (Å²) in [6.45, 7) is 2.03. The lowest BCUT2D eigenvalue weighted by Crippen LogP contribution is -2.32. The van der Waals surface area contributed by atoms with Gasteiger partial charge in [0.1, 0.15) is 5.75 Å². The van der Waals surface area contributed by atoms with Crippen molar-refractivity contribution < 1.29 is 9.53 Å². The number of hydrogen-bond donors (Lipinski definition) is 1. The molecule has 1 saturated carbocycles. The minimum absolute atomic E-state index is 0.193. The molecule has 3 nitrogen and oxygen atoms in total. The second kappa shape index (κ2) is 6.60. The molecular formula is C16H23NO2. The summed E-state index contributed by atoms with van der Waals surface area (Å²) in [6, 6.07) is 8.62. The highest BCUT2D eigenvalue weighted by Crippen LogP contribution is 2.35. The monoisotopic (exact) mass is 261 g/mol. The molecule has 3 heteroatoms. The van der Waals surface area contributed by atoms with Gasteiger partial charge in [0, 0.05) is 12.5 Å². The van der Waals surface area contributed by atoms with E-state index in [4.69, 9.17) is 4.74 Å². The Morgan fingerprint density at radius 1 is 1.42 bits per heavy atom. The van der Waals surface area contributed by atoms with E-state index in [1.54, 1.807) is 7.11 Å². The van der Waals surface area contributed by atoms with Crippen molar-refractivity contribution in [2.75, 3.05) is 7.11 Å². The Bertz CT molecular complexity index is 431. The van der Waals surface area contributed by atoms with Crippen LogP contribution in [0.25, 0.3) is 0 Å². The van der Waals surface area contributed by atoms with E-state index in [-0.39, 0.29) is 5.91 Å². The zero-order valence-corrected chi connectivity index (χ0v) is 11.8. The number of rotatable bonds is 5. The maximum absolute atomic E-state index is 11.6. The molecule has 104 valence electrons. The molecule has 0 aromatic heterocycles. The number of hydrogen-bond acceptors (Lipinski definition) is 2. The van der Waals surface area contributed by atoms with Gasteiger partial charge in [-0.05, 0) is 49.3 Å². The van der Waals surface area contributed by atoms with E-state index in [0.717, 1.165) is 31.4 Å². The van der Waals surface area contributed by atoms with Crippen LogP contribution in [0.15, 0.2) is 24.3 Å². The SMILES string of the molecule is CCCC(=O)NC1CCC(c2cccc(OC)c2)C1. The standard InChI is InChI=1S/C16H23NO2/c1-3-5-16(18)17-14-9-8-13(10-14)12-6-4-7-15(11-12)19-2/h4,6-7,11,13-14H,3,5,8-10H2,1-2H3,(H,17,18). The van der Waals surface area contributed by atoms with Crippen molar-refractivity contribution >= 4 is 5.91 Å². The molecule has 1 aromatic rings. The lowest BCUT2D eigenvalue weighted by molar-refractivity contribution is -0.121. The first kappa shape index (κ1) is 13.9. The fourth-order valence-corrected chi connectivity index (χ4v) is 2.84. The van der Waals surface area contributed by atoms with Gasteiger partial charge in [-0.3, -0.25) is 4.79 Å². The molecule has 2 rings (SSSR count). The van der Waals surface area contributed by atoms with Crippen LogP contribution in [0.3, 0.4) is 0 Å². The van der Waals surface area contributed by atoms with Crippen LogP contribution in [0, 0.1) is 0 Å². The lowest BCUT2D eigenvalue weighted by Gasteiger charge is -2.14. The van der Waals surface area contributed by atoms with Gasteiger partial charge in [-0.15, -0.1) is 0 Å². The first-order valence-corrected chi connectivity index (χ1v) is 7.16. The Hall–Kier alpha value is -1.51. The molecule has 2 unspecified atom stereocenters. The molecule has 1 amide bonds. The third-order valence-corrected chi connectivity index (χ3v) is 3.84. The Kier molecular flexibility index (Phi) is 4.83. The van der Waals surface area contributed by atoms with Gasteiger partial charge < -0.3 is 10.1 Å². The van der Waals surface area contributed by atoms with Crippen LogP contribution in [0.5, 0.6) is 5.75 Å². The van der Waals surface area contributed by atoms with Crippen LogP contribution in [0.2, 0.25) is 0 Å². The average molecular weight is 261 g/mol. The molecule has 0 bridgehead atoms. The van der Waals surface area contributed by atoms with Crippen molar-refractivity contribution in [1.82, 2.24) is 5.32 Å². The zero-order chi connectivity index (χ0) is 13.7. The Morgan fingerprint density at radius 2 is 2.26 bits per heavy atom. The molecule has 1 aliphatic carbocycles. The zero-order valence-electron chi connectivity index (χ0n) is 11.8. The molecule has 0 heterocycles. The number of carbonyl (C=O) groups excluding carboxylic acids is 1. The Morgan fingerprint density at radius 3 is 3.00 bits per heavy atom. The van der Waals surface area contributed by atoms with Gasteiger partial charge in [-0.1, -0.05) is 19.1 Å². The molecule has 0 spiro atoms. The van der Waals surface area contributed by atoms with Gasteiger partial charge in [0.05, 0.1) is 7.11 Å². The van der Waals surface area contributed by atoms with Gasteiger partial charge in [0.15, 0.2) is 0 Å². The second-order valence-electron chi connectivity index (χ2n) is 5.30. The summed E-state index contributed by atoms with van der Waals surface area (Å²) in [4.78, 5) is 11.6. The van der Waals surface area contributed by atoms with Gasteiger partial charge in [0.25, 0.3) is 0 Å². The summed E-state index contributed by atoms with van der Waals surface area (Å²) in [5.74, 6) is 1.65. The number of nitrogens with one attached hydrogen (secondary N) is 1. The highest BCUT2D eigenvalue weighted by Gasteiger charge is 2.26. The van der Waals surface area contributed by atoms with Crippen LogP contribution in [-0.2, 0) is 4.79 Å². The minimum atomic E-state index is 0.193. The second-order valence-corrected chi connectivity index (χ2v) is 5.30. The van der Waals surface area contributed by atoms with Crippen LogP contribution >= 0.6 is 0 Å². The first-order valence-electron chi connectivity index (χ1n) is 7.16. The fourth-order valence-electron chi connectivity index (χ4n) is 2.84. The molecule has 1 N–H and O–H groups in total. The Labute approximate surface area is 115 Å². The Balaban J connectivity index is 1.92. The molecule has 2 atom stereocenters. The number of ether oxygens (including phenoxy) is 1. The van der Waals surface area contributed by atoms with E-state index in [9.17, 15) is 4.79 Å². The van der Waals surface area contributed by atoms with Crippen LogP contribution < -0.4 is 10.1 Å². The summed E-state index contributed by atoms with van der Waals surface area (Å²) >= 11 is 0. The largest absolute Gasteiger partial charge is 0.497 e. The first-order chi connectivity index (χ1) is 9.22. The number of methoxy groups -OCH3 is 1. The van der Waals surface area contributed by atoms with E-state index in [2.05, 4.69) is 17.4 Å². The van der Waals surface area contributed by atoms with Crippen LogP contribution in [-0.4, -0.2) is 19.1 Å². The summed E-state index contributed by atoms with van der Waals surface area (Å²) in [5.41, 5.74) is 1.33. The molecule has 0 radical (unpaired) electrons. The van der Waals surface area contributed by atoms with Crippen molar-refractivity contribution in [2.45, 2.75) is 51.0 Å². The lowest BCUT2D eigenvalue weighted by atomic mass is 9.97. The van der Waals surface area contributed by atoms with Gasteiger partial charge in [-0.2, -0.15) is 0 Å². The fraction of sp³-hybridized carbons (Fsp3) is 0.562. The van der Waals surface area contributed by atoms with Crippen molar-refractivity contribution in [2.24, 2.45) is 0 Å². The van der Waals surface area contributed by atoms with E-state index in [1.807, 2.05) is 19.1 Å². The summed E-state index contributed by atoms with van der Waals surface area (Å²) in [5, 5.41) is 3.14. The predicted octanol–water partition coefficient (Wildman–Crippen LogP) is 3.25. The van der Waals surface area contributed by atoms with Crippen molar-refractivity contribution in [3.63, 3.8) is 0 Å². The van der Waals surface area contributed by atoms with Gasteiger partial charge in [0.2, 0.25) is 5.91 Å². The highest BCUT2D eigenvalue weighted by atomic mass is 16.5. The molecule has 1 aliphatic rings. The van der Waals surface area contributed by atoms with Gasteiger partial charge >= 0.3 is 0 Å². The van der Waals surface area contributed by atoms with E-state index in [0.29, 0.717) is 18.4 Å². The van der Waals surface area contributed by atoms with Crippen molar-refractivity contribution in [3.8, 4) is 5.75 Å².